The zero-order valence-corrected chi connectivity index (χ0v) is 10.9. The Labute approximate surface area is 106 Å². The summed E-state index contributed by atoms with van der Waals surface area (Å²) in [7, 11) is 0. The van der Waals surface area contributed by atoms with E-state index in [0.29, 0.717) is 16.1 Å². The van der Waals surface area contributed by atoms with Crippen molar-refractivity contribution in [1.82, 2.24) is 0 Å². The summed E-state index contributed by atoms with van der Waals surface area (Å²) in [6.07, 6.45) is 3.61. The number of nitrogen functional groups attached to an aromatic ring is 1. The molecule has 0 bridgehead atoms. The zero-order valence-electron chi connectivity index (χ0n) is 9.34. The van der Waals surface area contributed by atoms with Gasteiger partial charge in [0.25, 0.3) is 0 Å². The summed E-state index contributed by atoms with van der Waals surface area (Å²) in [6, 6.07) is 4.26. The molecule has 0 unspecified atom stereocenters. The summed E-state index contributed by atoms with van der Waals surface area (Å²) < 4.78 is 0. The van der Waals surface area contributed by atoms with E-state index < -0.39 is 0 Å². The van der Waals surface area contributed by atoms with Gasteiger partial charge in [-0.25, -0.2) is 0 Å². The zero-order chi connectivity index (χ0) is 11.7. The van der Waals surface area contributed by atoms with E-state index in [0.717, 1.165) is 24.3 Å². The van der Waals surface area contributed by atoms with Gasteiger partial charge in [0.05, 0.1) is 21.4 Å². The predicted octanol–water partition coefficient (Wildman–Crippen LogP) is 3.95. The van der Waals surface area contributed by atoms with Crippen molar-refractivity contribution in [2.45, 2.75) is 32.2 Å². The number of hydrogen-bond acceptors (Lipinski definition) is 2. The molecule has 1 aromatic rings. The third-order valence-electron chi connectivity index (χ3n) is 2.83. The first-order valence-electron chi connectivity index (χ1n) is 5.64. The van der Waals surface area contributed by atoms with Gasteiger partial charge in [-0.3, -0.25) is 0 Å². The first kappa shape index (κ1) is 11.9. The van der Waals surface area contributed by atoms with Crippen LogP contribution in [0, 0.1) is 0 Å². The SMILES string of the molecule is CCCN(c1cc(Cl)c(Cl)cc1N)C1CC1. The normalized spacial score (nSPS) is 15.2. The van der Waals surface area contributed by atoms with Crippen molar-refractivity contribution in [3.63, 3.8) is 0 Å². The number of nitrogens with zero attached hydrogens (tertiary/aromatic N) is 1. The highest BCUT2D eigenvalue weighted by Gasteiger charge is 2.29. The van der Waals surface area contributed by atoms with Crippen molar-refractivity contribution < 1.29 is 0 Å². The highest BCUT2D eigenvalue weighted by Crippen LogP contribution is 2.38. The number of halogens is 2. The van der Waals surface area contributed by atoms with Crippen LogP contribution in [0.1, 0.15) is 26.2 Å². The molecule has 16 heavy (non-hydrogen) atoms. The maximum absolute atomic E-state index is 6.04. The summed E-state index contributed by atoms with van der Waals surface area (Å²) >= 11 is 12.0. The van der Waals surface area contributed by atoms with E-state index in [1.54, 1.807) is 6.07 Å². The molecular formula is C12H16Cl2N2. The Hall–Kier alpha value is -0.600. The lowest BCUT2D eigenvalue weighted by Gasteiger charge is -2.26. The second kappa shape index (κ2) is 4.72. The fourth-order valence-electron chi connectivity index (χ4n) is 1.93. The number of rotatable bonds is 4. The molecule has 0 spiro atoms. The van der Waals surface area contributed by atoms with E-state index in [4.69, 9.17) is 28.9 Å². The maximum Gasteiger partial charge on any atom is 0.0618 e. The van der Waals surface area contributed by atoms with Crippen LogP contribution in [0.5, 0.6) is 0 Å². The summed E-state index contributed by atoms with van der Waals surface area (Å²) in [6.45, 7) is 3.19. The fourth-order valence-corrected chi connectivity index (χ4v) is 2.26. The highest BCUT2D eigenvalue weighted by molar-refractivity contribution is 6.42. The van der Waals surface area contributed by atoms with Crippen LogP contribution in [0.3, 0.4) is 0 Å². The molecule has 1 fully saturated rings. The van der Waals surface area contributed by atoms with Crippen LogP contribution in [-0.4, -0.2) is 12.6 Å². The summed E-state index contributed by atoms with van der Waals surface area (Å²) in [5, 5.41) is 1.10. The number of hydrogen-bond donors (Lipinski definition) is 1. The summed E-state index contributed by atoms with van der Waals surface area (Å²) in [5.41, 5.74) is 7.75. The maximum atomic E-state index is 6.04. The number of benzene rings is 1. The molecule has 1 aromatic carbocycles. The van der Waals surface area contributed by atoms with Crippen LogP contribution in [0.4, 0.5) is 11.4 Å². The van der Waals surface area contributed by atoms with Crippen molar-refractivity contribution in [3.8, 4) is 0 Å². The van der Waals surface area contributed by atoms with Gasteiger partial charge >= 0.3 is 0 Å². The van der Waals surface area contributed by atoms with Crippen LogP contribution in [0.25, 0.3) is 0 Å². The van der Waals surface area contributed by atoms with E-state index in [9.17, 15) is 0 Å². The Kier molecular flexibility index (Phi) is 3.50. The van der Waals surface area contributed by atoms with Gasteiger partial charge in [-0.1, -0.05) is 30.1 Å². The summed E-state index contributed by atoms with van der Waals surface area (Å²) in [4.78, 5) is 2.34. The van der Waals surface area contributed by atoms with Gasteiger partial charge in [-0.2, -0.15) is 0 Å². The minimum Gasteiger partial charge on any atom is -0.397 e. The van der Waals surface area contributed by atoms with Crippen molar-refractivity contribution >= 4 is 34.6 Å². The molecule has 0 aromatic heterocycles. The molecule has 1 aliphatic carbocycles. The molecule has 0 atom stereocenters. The molecule has 0 amide bonds. The number of nitrogens with two attached hydrogens (primary N) is 1. The number of anilines is 2. The van der Waals surface area contributed by atoms with Gasteiger partial charge < -0.3 is 10.6 Å². The molecule has 88 valence electrons. The smallest absolute Gasteiger partial charge is 0.0618 e. The van der Waals surface area contributed by atoms with E-state index in [-0.39, 0.29) is 0 Å². The van der Waals surface area contributed by atoms with Crippen LogP contribution in [0.15, 0.2) is 12.1 Å². The van der Waals surface area contributed by atoms with Crippen molar-refractivity contribution in [1.29, 1.82) is 0 Å². The Balaban J connectivity index is 2.32. The molecule has 0 heterocycles. The fraction of sp³-hybridized carbons (Fsp3) is 0.500. The highest BCUT2D eigenvalue weighted by atomic mass is 35.5. The molecule has 0 saturated heterocycles. The van der Waals surface area contributed by atoms with Gasteiger partial charge in [0.2, 0.25) is 0 Å². The van der Waals surface area contributed by atoms with Crippen LogP contribution >= 0.6 is 23.2 Å². The lowest BCUT2D eigenvalue weighted by molar-refractivity contribution is 0.764. The van der Waals surface area contributed by atoms with Crippen LogP contribution in [0.2, 0.25) is 10.0 Å². The third kappa shape index (κ3) is 2.38. The monoisotopic (exact) mass is 258 g/mol. The Morgan fingerprint density at radius 1 is 1.31 bits per heavy atom. The Bertz CT molecular complexity index is 389. The molecule has 1 aliphatic rings. The molecule has 4 heteroatoms. The Morgan fingerprint density at radius 2 is 1.94 bits per heavy atom. The average molecular weight is 259 g/mol. The minimum absolute atomic E-state index is 0.523. The van der Waals surface area contributed by atoms with Crippen LogP contribution in [-0.2, 0) is 0 Å². The van der Waals surface area contributed by atoms with Gasteiger partial charge in [-0.05, 0) is 31.4 Å². The largest absolute Gasteiger partial charge is 0.397 e. The second-order valence-corrected chi connectivity index (χ2v) is 5.06. The van der Waals surface area contributed by atoms with E-state index in [1.165, 1.54) is 12.8 Å². The van der Waals surface area contributed by atoms with E-state index >= 15 is 0 Å². The molecule has 2 nitrogen and oxygen atoms in total. The molecule has 2 rings (SSSR count). The minimum atomic E-state index is 0.523. The van der Waals surface area contributed by atoms with E-state index in [1.807, 2.05) is 6.07 Å². The van der Waals surface area contributed by atoms with Crippen molar-refractivity contribution in [2.24, 2.45) is 0 Å². The van der Waals surface area contributed by atoms with Gasteiger partial charge in [-0.15, -0.1) is 0 Å². The Morgan fingerprint density at radius 3 is 2.50 bits per heavy atom. The van der Waals surface area contributed by atoms with Gasteiger partial charge in [0.15, 0.2) is 0 Å². The first-order chi connectivity index (χ1) is 7.63. The topological polar surface area (TPSA) is 29.3 Å². The van der Waals surface area contributed by atoms with Crippen molar-refractivity contribution in [3.05, 3.63) is 22.2 Å². The lowest BCUT2D eigenvalue weighted by Crippen LogP contribution is -2.27. The standard InChI is InChI=1S/C12H16Cl2N2/c1-2-5-16(8-3-4-8)12-7-10(14)9(13)6-11(12)15/h6-8H,2-5,15H2,1H3. The molecule has 2 N–H and O–H groups in total. The van der Waals surface area contributed by atoms with Crippen molar-refractivity contribution in [2.75, 3.05) is 17.2 Å². The van der Waals surface area contributed by atoms with Gasteiger partial charge in [0, 0.05) is 12.6 Å². The molecule has 1 saturated carbocycles. The predicted molar refractivity (Wildman–Crippen MR) is 71.5 cm³/mol. The lowest BCUT2D eigenvalue weighted by atomic mass is 10.2. The summed E-state index contributed by atoms with van der Waals surface area (Å²) in [5.74, 6) is 0. The molecule has 0 radical (unpaired) electrons. The van der Waals surface area contributed by atoms with Crippen LogP contribution < -0.4 is 10.6 Å². The average Bonchev–Trinajstić information content (AvgIpc) is 3.04. The first-order valence-corrected chi connectivity index (χ1v) is 6.40. The quantitative estimate of drug-likeness (QED) is 0.829. The second-order valence-electron chi connectivity index (χ2n) is 4.25. The third-order valence-corrected chi connectivity index (χ3v) is 3.55. The van der Waals surface area contributed by atoms with E-state index in [2.05, 4.69) is 11.8 Å². The molecular weight excluding hydrogens is 243 g/mol. The van der Waals surface area contributed by atoms with Gasteiger partial charge in [0.1, 0.15) is 0 Å². The molecule has 0 aliphatic heterocycles.